The van der Waals surface area contributed by atoms with Gasteiger partial charge in [0, 0.05) is 19.6 Å². The zero-order valence-electron chi connectivity index (χ0n) is 10.5. The first-order valence-corrected chi connectivity index (χ1v) is 6.41. The zero-order valence-corrected chi connectivity index (χ0v) is 10.5. The van der Waals surface area contributed by atoms with Gasteiger partial charge >= 0.3 is 0 Å². The Hall–Kier alpha value is -1.06. The van der Waals surface area contributed by atoms with E-state index in [1.54, 1.807) is 0 Å². The first kappa shape index (κ1) is 12.4. The van der Waals surface area contributed by atoms with Crippen LogP contribution in [0.2, 0.25) is 0 Å². The lowest BCUT2D eigenvalue weighted by Gasteiger charge is -2.26. The van der Waals surface area contributed by atoms with E-state index < -0.39 is 0 Å². The van der Waals surface area contributed by atoms with Crippen LogP contribution >= 0.6 is 0 Å². The van der Waals surface area contributed by atoms with Crippen molar-refractivity contribution in [2.24, 2.45) is 0 Å². The summed E-state index contributed by atoms with van der Waals surface area (Å²) in [7, 11) is 0. The SMILES string of the molecule is CCc1ccccc1OCCN1CCOCC1. The van der Waals surface area contributed by atoms with Crippen molar-refractivity contribution < 1.29 is 9.47 Å². The highest BCUT2D eigenvalue weighted by Gasteiger charge is 2.10. The summed E-state index contributed by atoms with van der Waals surface area (Å²) in [5.41, 5.74) is 1.29. The number of morpholine rings is 1. The minimum atomic E-state index is 0.761. The molecular weight excluding hydrogens is 214 g/mol. The van der Waals surface area contributed by atoms with E-state index in [0.29, 0.717) is 0 Å². The van der Waals surface area contributed by atoms with Crippen molar-refractivity contribution in [2.75, 3.05) is 39.5 Å². The van der Waals surface area contributed by atoms with E-state index in [0.717, 1.165) is 51.6 Å². The fourth-order valence-corrected chi connectivity index (χ4v) is 2.05. The Balaban J connectivity index is 1.77. The Morgan fingerprint density at radius 1 is 1.24 bits per heavy atom. The molecule has 94 valence electrons. The van der Waals surface area contributed by atoms with Crippen LogP contribution in [0.3, 0.4) is 0 Å². The Bertz CT molecular complexity index is 335. The van der Waals surface area contributed by atoms with Crippen molar-refractivity contribution in [3.8, 4) is 5.75 Å². The molecule has 1 heterocycles. The van der Waals surface area contributed by atoms with Crippen molar-refractivity contribution in [1.82, 2.24) is 4.90 Å². The van der Waals surface area contributed by atoms with E-state index in [1.807, 2.05) is 6.07 Å². The number of hydrogen-bond donors (Lipinski definition) is 0. The summed E-state index contributed by atoms with van der Waals surface area (Å²) >= 11 is 0. The molecule has 2 rings (SSSR count). The maximum absolute atomic E-state index is 5.85. The van der Waals surface area contributed by atoms with Crippen LogP contribution < -0.4 is 4.74 Å². The van der Waals surface area contributed by atoms with Gasteiger partial charge in [-0.1, -0.05) is 25.1 Å². The maximum Gasteiger partial charge on any atom is 0.122 e. The third-order valence-corrected chi connectivity index (χ3v) is 3.12. The van der Waals surface area contributed by atoms with E-state index in [4.69, 9.17) is 9.47 Å². The molecule has 3 heteroatoms. The molecule has 1 saturated heterocycles. The fraction of sp³-hybridized carbons (Fsp3) is 0.571. The molecule has 1 fully saturated rings. The summed E-state index contributed by atoms with van der Waals surface area (Å²) in [4.78, 5) is 2.39. The molecule has 17 heavy (non-hydrogen) atoms. The van der Waals surface area contributed by atoms with Gasteiger partial charge in [-0.3, -0.25) is 4.90 Å². The van der Waals surface area contributed by atoms with Crippen LogP contribution in [0.1, 0.15) is 12.5 Å². The highest BCUT2D eigenvalue weighted by atomic mass is 16.5. The Kier molecular flexibility index (Phi) is 4.83. The highest BCUT2D eigenvalue weighted by Crippen LogP contribution is 2.18. The number of ether oxygens (including phenoxy) is 2. The normalized spacial score (nSPS) is 17.0. The minimum Gasteiger partial charge on any atom is -0.492 e. The van der Waals surface area contributed by atoms with E-state index in [2.05, 4.69) is 30.0 Å². The van der Waals surface area contributed by atoms with Crippen LogP contribution in [0, 0.1) is 0 Å². The van der Waals surface area contributed by atoms with Crippen LogP contribution in [-0.2, 0) is 11.2 Å². The van der Waals surface area contributed by atoms with Gasteiger partial charge in [-0.15, -0.1) is 0 Å². The lowest BCUT2D eigenvalue weighted by Crippen LogP contribution is -2.38. The molecule has 0 spiro atoms. The third-order valence-electron chi connectivity index (χ3n) is 3.12. The number of benzene rings is 1. The monoisotopic (exact) mass is 235 g/mol. The van der Waals surface area contributed by atoms with Crippen molar-refractivity contribution in [2.45, 2.75) is 13.3 Å². The molecule has 0 aliphatic carbocycles. The van der Waals surface area contributed by atoms with Gasteiger partial charge in [0.2, 0.25) is 0 Å². The molecule has 0 unspecified atom stereocenters. The zero-order chi connectivity index (χ0) is 11.9. The summed E-state index contributed by atoms with van der Waals surface area (Å²) in [6.07, 6.45) is 1.02. The summed E-state index contributed by atoms with van der Waals surface area (Å²) in [6, 6.07) is 8.28. The van der Waals surface area contributed by atoms with Crippen LogP contribution in [0.15, 0.2) is 24.3 Å². The van der Waals surface area contributed by atoms with E-state index in [9.17, 15) is 0 Å². The van der Waals surface area contributed by atoms with Gasteiger partial charge < -0.3 is 9.47 Å². The Labute approximate surface area is 103 Å². The fourth-order valence-electron chi connectivity index (χ4n) is 2.05. The largest absolute Gasteiger partial charge is 0.492 e. The Morgan fingerprint density at radius 2 is 2.00 bits per heavy atom. The lowest BCUT2D eigenvalue weighted by molar-refractivity contribution is 0.0322. The van der Waals surface area contributed by atoms with Gasteiger partial charge in [0.25, 0.3) is 0 Å². The lowest BCUT2D eigenvalue weighted by atomic mass is 10.1. The van der Waals surface area contributed by atoms with E-state index >= 15 is 0 Å². The third kappa shape index (κ3) is 3.72. The topological polar surface area (TPSA) is 21.7 Å². The predicted molar refractivity (Wildman–Crippen MR) is 68.6 cm³/mol. The summed E-state index contributed by atoms with van der Waals surface area (Å²) in [6.45, 7) is 7.66. The number of hydrogen-bond acceptors (Lipinski definition) is 3. The second kappa shape index (κ2) is 6.62. The molecule has 1 aromatic rings. The van der Waals surface area contributed by atoms with Crippen LogP contribution in [0.4, 0.5) is 0 Å². The smallest absolute Gasteiger partial charge is 0.122 e. The average molecular weight is 235 g/mol. The van der Waals surface area contributed by atoms with Crippen molar-refractivity contribution >= 4 is 0 Å². The number of para-hydroxylation sites is 1. The van der Waals surface area contributed by atoms with Crippen LogP contribution in [0.5, 0.6) is 5.75 Å². The molecule has 0 radical (unpaired) electrons. The van der Waals surface area contributed by atoms with Crippen LogP contribution in [0.25, 0.3) is 0 Å². The van der Waals surface area contributed by atoms with Crippen LogP contribution in [-0.4, -0.2) is 44.4 Å². The van der Waals surface area contributed by atoms with Gasteiger partial charge in [0.1, 0.15) is 12.4 Å². The molecule has 0 amide bonds. The molecule has 0 saturated carbocycles. The number of rotatable bonds is 5. The molecule has 0 atom stereocenters. The molecule has 0 N–H and O–H groups in total. The molecule has 0 bridgehead atoms. The first-order chi connectivity index (χ1) is 8.40. The molecule has 3 nitrogen and oxygen atoms in total. The van der Waals surface area contributed by atoms with Crippen molar-refractivity contribution in [3.63, 3.8) is 0 Å². The molecular formula is C14H21NO2. The minimum absolute atomic E-state index is 0.761. The van der Waals surface area contributed by atoms with Gasteiger partial charge in [0.05, 0.1) is 13.2 Å². The van der Waals surface area contributed by atoms with E-state index in [-0.39, 0.29) is 0 Å². The molecule has 0 aromatic heterocycles. The predicted octanol–water partition coefficient (Wildman–Crippen LogP) is 1.96. The quantitative estimate of drug-likeness (QED) is 0.778. The maximum atomic E-state index is 5.85. The van der Waals surface area contributed by atoms with Gasteiger partial charge in [-0.25, -0.2) is 0 Å². The summed E-state index contributed by atoms with van der Waals surface area (Å²) in [5.74, 6) is 1.03. The molecule has 1 aliphatic rings. The van der Waals surface area contributed by atoms with E-state index in [1.165, 1.54) is 5.56 Å². The highest BCUT2D eigenvalue weighted by molar-refractivity contribution is 5.33. The second-order valence-electron chi connectivity index (χ2n) is 4.26. The van der Waals surface area contributed by atoms with Gasteiger partial charge in [0.15, 0.2) is 0 Å². The first-order valence-electron chi connectivity index (χ1n) is 6.41. The Morgan fingerprint density at radius 3 is 2.76 bits per heavy atom. The standard InChI is InChI=1S/C14H21NO2/c1-2-13-5-3-4-6-14(13)17-12-9-15-7-10-16-11-8-15/h3-6H,2,7-12H2,1H3. The summed E-state index contributed by atoms with van der Waals surface area (Å²) < 4.78 is 11.2. The average Bonchev–Trinajstić information content (AvgIpc) is 2.40. The van der Waals surface area contributed by atoms with Crippen molar-refractivity contribution in [3.05, 3.63) is 29.8 Å². The van der Waals surface area contributed by atoms with Crippen molar-refractivity contribution in [1.29, 1.82) is 0 Å². The van der Waals surface area contributed by atoms with Gasteiger partial charge in [-0.2, -0.15) is 0 Å². The number of aryl methyl sites for hydroxylation is 1. The van der Waals surface area contributed by atoms with Gasteiger partial charge in [-0.05, 0) is 18.1 Å². The molecule has 1 aromatic carbocycles. The second-order valence-corrected chi connectivity index (χ2v) is 4.26. The summed E-state index contributed by atoms with van der Waals surface area (Å²) in [5, 5.41) is 0. The number of nitrogens with zero attached hydrogens (tertiary/aromatic N) is 1. The molecule has 1 aliphatic heterocycles.